The summed E-state index contributed by atoms with van der Waals surface area (Å²) in [5.41, 5.74) is 11.1. The molecule has 59 heavy (non-hydrogen) atoms. The number of furan rings is 1. The van der Waals surface area contributed by atoms with Gasteiger partial charge in [0.2, 0.25) is 0 Å². The van der Waals surface area contributed by atoms with Gasteiger partial charge < -0.3 is 4.42 Å². The summed E-state index contributed by atoms with van der Waals surface area (Å²) in [5, 5.41) is 3.23. The van der Waals surface area contributed by atoms with Crippen LogP contribution in [0.5, 0.6) is 0 Å². The molecule has 0 aliphatic heterocycles. The lowest BCUT2D eigenvalue weighted by atomic mass is 10.0. The topological polar surface area (TPSA) is 103 Å². The summed E-state index contributed by atoms with van der Waals surface area (Å²) in [6.45, 7) is 0. The Labute approximate surface area is 338 Å². The number of benzene rings is 6. The van der Waals surface area contributed by atoms with E-state index < -0.39 is 0 Å². The highest BCUT2D eigenvalue weighted by Gasteiger charge is 2.19. The second kappa shape index (κ2) is 14.4. The lowest BCUT2D eigenvalue weighted by Gasteiger charge is -2.10. The van der Waals surface area contributed by atoms with Crippen molar-refractivity contribution in [3.05, 3.63) is 188 Å². The molecule has 8 nitrogen and oxygen atoms in total. The molecule has 0 bridgehead atoms. The first-order valence-electron chi connectivity index (χ1n) is 19.3. The van der Waals surface area contributed by atoms with Crippen LogP contribution in [0, 0.1) is 0 Å². The highest BCUT2D eigenvalue weighted by atomic mass is 16.3. The third kappa shape index (κ3) is 6.44. The third-order valence-electron chi connectivity index (χ3n) is 10.5. The largest absolute Gasteiger partial charge is 0.452 e. The van der Waals surface area contributed by atoms with Crippen LogP contribution < -0.4 is 0 Å². The first kappa shape index (κ1) is 34.1. The van der Waals surface area contributed by atoms with Gasteiger partial charge in [-0.3, -0.25) is 9.97 Å². The number of hydrogen-bond donors (Lipinski definition) is 0. The number of pyridine rings is 2. The van der Waals surface area contributed by atoms with Crippen LogP contribution in [0.3, 0.4) is 0 Å². The van der Waals surface area contributed by atoms with Gasteiger partial charge in [-0.05, 0) is 53.2 Å². The lowest BCUT2D eigenvalue weighted by molar-refractivity contribution is 0.667. The molecule has 8 heteroatoms. The smallest absolute Gasteiger partial charge is 0.180 e. The Balaban J connectivity index is 1.00. The molecule has 0 saturated carbocycles. The lowest BCUT2D eigenvalue weighted by Crippen LogP contribution is -2.00. The highest BCUT2D eigenvalue weighted by Crippen LogP contribution is 2.37. The van der Waals surface area contributed by atoms with E-state index >= 15 is 0 Å². The number of nitrogens with zero attached hydrogens (tertiary/aromatic N) is 7. The van der Waals surface area contributed by atoms with Crippen LogP contribution in [0.25, 0.3) is 112 Å². The fraction of sp³-hybridized carbons (Fsp3) is 0. The van der Waals surface area contributed by atoms with Gasteiger partial charge in [-0.15, -0.1) is 0 Å². The van der Waals surface area contributed by atoms with Crippen molar-refractivity contribution in [3.8, 4) is 79.3 Å². The van der Waals surface area contributed by atoms with E-state index in [0.717, 1.165) is 83.3 Å². The van der Waals surface area contributed by atoms with Gasteiger partial charge in [0.1, 0.15) is 16.8 Å². The SMILES string of the molecule is c1ccc(-c2ccc(-c3nc(-c4ccc(-c5ccccn5)cc4)nc(-c4ccc(-c5nc(-c6ccc7ccccc7c6)c6oc7ccccc7c6n5)cc4)n3)cc2)nc1. The van der Waals surface area contributed by atoms with Crippen molar-refractivity contribution in [2.75, 3.05) is 0 Å². The summed E-state index contributed by atoms with van der Waals surface area (Å²) < 4.78 is 6.42. The molecule has 276 valence electrons. The number of aromatic nitrogens is 7. The maximum absolute atomic E-state index is 6.42. The minimum absolute atomic E-state index is 0.549. The van der Waals surface area contributed by atoms with E-state index in [1.165, 1.54) is 0 Å². The van der Waals surface area contributed by atoms with Crippen LogP contribution in [0.15, 0.2) is 193 Å². The molecule has 0 aliphatic carbocycles. The van der Waals surface area contributed by atoms with E-state index in [9.17, 15) is 0 Å². The van der Waals surface area contributed by atoms with Crippen molar-refractivity contribution in [3.63, 3.8) is 0 Å². The zero-order valence-electron chi connectivity index (χ0n) is 31.4. The second-order valence-corrected chi connectivity index (χ2v) is 14.2. The van der Waals surface area contributed by atoms with E-state index in [4.69, 9.17) is 29.3 Å². The molecule has 0 fully saturated rings. The average molecular weight is 758 g/mol. The molecule has 0 unspecified atom stereocenters. The molecule has 0 radical (unpaired) electrons. The Kier molecular flexibility index (Phi) is 8.29. The van der Waals surface area contributed by atoms with Gasteiger partial charge in [-0.2, -0.15) is 0 Å². The number of rotatable bonds is 7. The quantitative estimate of drug-likeness (QED) is 0.158. The van der Waals surface area contributed by atoms with Gasteiger partial charge in [0.15, 0.2) is 28.9 Å². The fourth-order valence-corrected chi connectivity index (χ4v) is 7.43. The molecule has 0 spiro atoms. The van der Waals surface area contributed by atoms with Crippen LogP contribution in [0.4, 0.5) is 0 Å². The van der Waals surface area contributed by atoms with Crippen molar-refractivity contribution >= 4 is 32.8 Å². The minimum atomic E-state index is 0.549. The Morgan fingerprint density at radius 1 is 0.339 bits per heavy atom. The predicted octanol–water partition coefficient (Wildman–Crippen LogP) is 12.2. The van der Waals surface area contributed by atoms with Crippen molar-refractivity contribution in [2.45, 2.75) is 0 Å². The van der Waals surface area contributed by atoms with Gasteiger partial charge in [0.05, 0.1) is 11.4 Å². The Morgan fingerprint density at radius 3 is 1.34 bits per heavy atom. The van der Waals surface area contributed by atoms with Crippen molar-refractivity contribution in [1.29, 1.82) is 0 Å². The summed E-state index contributed by atoms with van der Waals surface area (Å²) in [5.74, 6) is 2.28. The maximum Gasteiger partial charge on any atom is 0.180 e. The second-order valence-electron chi connectivity index (χ2n) is 14.2. The normalized spacial score (nSPS) is 11.4. The van der Waals surface area contributed by atoms with E-state index in [1.807, 2.05) is 146 Å². The Morgan fingerprint density at radius 2 is 0.797 bits per heavy atom. The van der Waals surface area contributed by atoms with E-state index in [2.05, 4.69) is 40.3 Å². The minimum Gasteiger partial charge on any atom is -0.452 e. The molecule has 11 aromatic rings. The molecular formula is C51H31N7O. The fourth-order valence-electron chi connectivity index (χ4n) is 7.43. The summed E-state index contributed by atoms with van der Waals surface area (Å²) in [6, 6.07) is 58.8. The zero-order valence-corrected chi connectivity index (χ0v) is 31.4. The molecule has 11 rings (SSSR count). The van der Waals surface area contributed by atoms with Gasteiger partial charge in [0, 0.05) is 56.7 Å². The molecule has 0 saturated heterocycles. The molecule has 0 N–H and O–H groups in total. The van der Waals surface area contributed by atoms with Crippen LogP contribution in [-0.4, -0.2) is 34.9 Å². The summed E-state index contributed by atoms with van der Waals surface area (Å²) in [7, 11) is 0. The van der Waals surface area contributed by atoms with Gasteiger partial charge in [-0.25, -0.2) is 24.9 Å². The predicted molar refractivity (Wildman–Crippen MR) is 234 cm³/mol. The van der Waals surface area contributed by atoms with Crippen LogP contribution in [0.2, 0.25) is 0 Å². The zero-order chi connectivity index (χ0) is 39.1. The Hall–Kier alpha value is -8.23. The first-order chi connectivity index (χ1) is 29.2. The van der Waals surface area contributed by atoms with Crippen LogP contribution in [0.1, 0.15) is 0 Å². The monoisotopic (exact) mass is 757 g/mol. The molecule has 0 aliphatic rings. The number of para-hydroxylation sites is 1. The van der Waals surface area contributed by atoms with Crippen LogP contribution in [-0.2, 0) is 0 Å². The molecule has 6 aromatic carbocycles. The molecule has 5 heterocycles. The summed E-state index contributed by atoms with van der Waals surface area (Å²) in [4.78, 5) is 34.3. The standard InChI is InChI=1S/C51H31N7O/c1-2-10-39-31-40(28-15-32(39)9-1)45-47-46(41-11-3-4-14-44(41)59-47)55-48(54-45)35-24-26-38(27-25-35)51-57-49(36-20-16-33(17-21-36)42-12-5-7-29-52-42)56-50(58-51)37-22-18-34(19-23-37)43-13-6-8-30-53-43/h1-31H. The summed E-state index contributed by atoms with van der Waals surface area (Å²) in [6.07, 6.45) is 3.59. The number of fused-ring (bicyclic) bond motifs is 4. The molecule has 5 aromatic heterocycles. The van der Waals surface area contributed by atoms with Gasteiger partial charge in [-0.1, -0.05) is 133 Å². The summed E-state index contributed by atoms with van der Waals surface area (Å²) >= 11 is 0. The van der Waals surface area contributed by atoms with Crippen molar-refractivity contribution < 1.29 is 4.42 Å². The van der Waals surface area contributed by atoms with E-state index in [-0.39, 0.29) is 0 Å². The Bertz CT molecular complexity index is 3190. The van der Waals surface area contributed by atoms with E-state index in [0.29, 0.717) is 28.9 Å². The maximum atomic E-state index is 6.42. The number of hydrogen-bond acceptors (Lipinski definition) is 8. The van der Waals surface area contributed by atoms with Crippen molar-refractivity contribution in [2.24, 2.45) is 0 Å². The van der Waals surface area contributed by atoms with Gasteiger partial charge >= 0.3 is 0 Å². The molecule has 0 amide bonds. The van der Waals surface area contributed by atoms with Crippen LogP contribution >= 0.6 is 0 Å². The molecule has 0 atom stereocenters. The van der Waals surface area contributed by atoms with Gasteiger partial charge in [0.25, 0.3) is 0 Å². The highest BCUT2D eigenvalue weighted by molar-refractivity contribution is 6.07. The van der Waals surface area contributed by atoms with E-state index in [1.54, 1.807) is 12.4 Å². The average Bonchev–Trinajstić information content (AvgIpc) is 3.70. The first-order valence-corrected chi connectivity index (χ1v) is 19.3. The molecular weight excluding hydrogens is 727 g/mol. The third-order valence-corrected chi connectivity index (χ3v) is 10.5. The van der Waals surface area contributed by atoms with Crippen molar-refractivity contribution in [1.82, 2.24) is 34.9 Å².